The van der Waals surface area contributed by atoms with E-state index in [4.69, 9.17) is 5.11 Å². The van der Waals surface area contributed by atoms with Gasteiger partial charge in [-0.1, -0.05) is 6.42 Å². The van der Waals surface area contributed by atoms with Gasteiger partial charge in [0.25, 0.3) is 0 Å². The van der Waals surface area contributed by atoms with Crippen LogP contribution < -0.4 is 0 Å². The molecule has 0 aromatic carbocycles. The maximum absolute atomic E-state index is 12.2. The molecule has 0 aromatic rings. The van der Waals surface area contributed by atoms with Gasteiger partial charge in [0.2, 0.25) is 0 Å². The summed E-state index contributed by atoms with van der Waals surface area (Å²) in [7, 11) is 0. The van der Waals surface area contributed by atoms with Crippen molar-refractivity contribution in [1.29, 1.82) is 0 Å². The molecule has 2 rings (SSSR count). The van der Waals surface area contributed by atoms with Gasteiger partial charge in [-0.3, -0.25) is 0 Å². The number of halogens is 2. The summed E-state index contributed by atoms with van der Waals surface area (Å²) in [6.45, 7) is 2.81. The fourth-order valence-electron chi connectivity index (χ4n) is 2.94. The summed E-state index contributed by atoms with van der Waals surface area (Å²) in [5.41, 5.74) is 0.622. The summed E-state index contributed by atoms with van der Waals surface area (Å²) in [6.07, 6.45) is 3.09. The summed E-state index contributed by atoms with van der Waals surface area (Å²) >= 11 is 0. The number of likely N-dealkylation sites (tertiary alicyclic amines) is 1. The quantitative estimate of drug-likeness (QED) is 0.807. The monoisotopic (exact) mass is 233 g/mol. The maximum atomic E-state index is 12.2. The Balaban J connectivity index is 1.62. The second-order valence-electron chi connectivity index (χ2n) is 5.46. The molecule has 0 radical (unpaired) electrons. The smallest absolute Gasteiger partial charge is 0.336 e. The van der Waals surface area contributed by atoms with Crippen molar-refractivity contribution in [3.05, 3.63) is 0 Å². The molecule has 0 atom stereocenters. The van der Waals surface area contributed by atoms with Gasteiger partial charge in [0.15, 0.2) is 0 Å². The predicted molar refractivity (Wildman–Crippen MR) is 58.4 cm³/mol. The molecule has 2 aliphatic rings. The zero-order valence-corrected chi connectivity index (χ0v) is 9.72. The number of alkyl halides is 2. The lowest BCUT2D eigenvalue weighted by Crippen LogP contribution is -2.43. The largest absolute Gasteiger partial charge is 0.353 e. The Morgan fingerprint density at radius 1 is 1.12 bits per heavy atom. The number of aliphatic hydroxyl groups is 1. The molecule has 0 unspecified atom stereocenters. The van der Waals surface area contributed by atoms with E-state index in [0.717, 1.165) is 13.1 Å². The van der Waals surface area contributed by atoms with Crippen LogP contribution in [0.3, 0.4) is 0 Å². The van der Waals surface area contributed by atoms with Crippen LogP contribution in [-0.4, -0.2) is 35.7 Å². The summed E-state index contributed by atoms with van der Waals surface area (Å²) in [5.74, 6) is 0. The molecular formula is C12H21F2NO. The van der Waals surface area contributed by atoms with Gasteiger partial charge in [-0.05, 0) is 57.2 Å². The third-order valence-corrected chi connectivity index (χ3v) is 4.28. The molecule has 1 N–H and O–H groups in total. The molecule has 4 heteroatoms. The lowest BCUT2D eigenvalue weighted by Gasteiger charge is -2.48. The van der Waals surface area contributed by atoms with E-state index in [9.17, 15) is 8.78 Å². The zero-order chi connectivity index (χ0) is 11.6. The van der Waals surface area contributed by atoms with Crippen LogP contribution in [0.4, 0.5) is 8.78 Å². The van der Waals surface area contributed by atoms with Crippen LogP contribution in [0.25, 0.3) is 0 Å². The molecule has 0 amide bonds. The number of piperidine rings is 1. The lowest BCUT2D eigenvalue weighted by molar-refractivity contribution is -0.204. The van der Waals surface area contributed by atoms with Gasteiger partial charge in [-0.25, -0.2) is 0 Å². The molecular weight excluding hydrogens is 212 g/mol. The van der Waals surface area contributed by atoms with E-state index in [2.05, 4.69) is 4.90 Å². The molecule has 1 saturated carbocycles. The van der Waals surface area contributed by atoms with Crippen LogP contribution in [0, 0.1) is 5.41 Å². The molecule has 2 nitrogen and oxygen atoms in total. The Hall–Kier alpha value is -0.220. The molecule has 94 valence electrons. The van der Waals surface area contributed by atoms with E-state index in [1.165, 1.54) is 32.1 Å². The minimum absolute atomic E-state index is 0.385. The maximum Gasteiger partial charge on any atom is 0.353 e. The van der Waals surface area contributed by atoms with Gasteiger partial charge >= 0.3 is 6.11 Å². The zero-order valence-electron chi connectivity index (χ0n) is 9.72. The fraction of sp³-hybridized carbons (Fsp3) is 1.00. The Morgan fingerprint density at radius 2 is 1.75 bits per heavy atom. The van der Waals surface area contributed by atoms with E-state index in [1.807, 2.05) is 0 Å². The van der Waals surface area contributed by atoms with Gasteiger partial charge in [0.1, 0.15) is 0 Å². The van der Waals surface area contributed by atoms with E-state index < -0.39 is 12.5 Å². The Morgan fingerprint density at radius 3 is 2.19 bits per heavy atom. The Labute approximate surface area is 95.6 Å². The molecule has 1 spiro atoms. The molecule has 0 bridgehead atoms. The minimum Gasteiger partial charge on any atom is -0.336 e. The second-order valence-corrected chi connectivity index (χ2v) is 5.46. The summed E-state index contributed by atoms with van der Waals surface area (Å²) in [5, 5.41) is 8.33. The van der Waals surface area contributed by atoms with Crippen LogP contribution in [0.1, 0.15) is 44.9 Å². The van der Waals surface area contributed by atoms with E-state index in [1.54, 1.807) is 0 Å². The molecule has 1 aliphatic heterocycles. The van der Waals surface area contributed by atoms with Crippen molar-refractivity contribution >= 4 is 0 Å². The first-order valence-corrected chi connectivity index (χ1v) is 6.32. The van der Waals surface area contributed by atoms with Crippen LogP contribution >= 0.6 is 0 Å². The van der Waals surface area contributed by atoms with Crippen molar-refractivity contribution in [3.63, 3.8) is 0 Å². The first kappa shape index (κ1) is 12.2. The van der Waals surface area contributed by atoms with Crippen molar-refractivity contribution in [1.82, 2.24) is 4.90 Å². The van der Waals surface area contributed by atoms with Crippen molar-refractivity contribution in [2.45, 2.75) is 51.1 Å². The number of hydrogen-bond acceptors (Lipinski definition) is 2. The van der Waals surface area contributed by atoms with Crippen molar-refractivity contribution in [2.24, 2.45) is 5.41 Å². The predicted octanol–water partition coefficient (Wildman–Crippen LogP) is 2.62. The van der Waals surface area contributed by atoms with Crippen LogP contribution in [0.2, 0.25) is 0 Å². The third-order valence-electron chi connectivity index (χ3n) is 4.28. The third kappa shape index (κ3) is 3.14. The van der Waals surface area contributed by atoms with Crippen molar-refractivity contribution in [2.75, 3.05) is 19.6 Å². The number of hydrogen-bond donors (Lipinski definition) is 1. The lowest BCUT2D eigenvalue weighted by atomic mass is 9.63. The van der Waals surface area contributed by atoms with E-state index in [0.29, 0.717) is 18.4 Å². The minimum atomic E-state index is -3.48. The number of rotatable bonds is 4. The summed E-state index contributed by atoms with van der Waals surface area (Å²) < 4.78 is 24.4. The Bertz CT molecular complexity index is 226. The topological polar surface area (TPSA) is 23.5 Å². The van der Waals surface area contributed by atoms with Crippen LogP contribution in [0.5, 0.6) is 0 Å². The number of nitrogens with zero attached hydrogens (tertiary/aromatic N) is 1. The Kier molecular flexibility index (Phi) is 3.50. The van der Waals surface area contributed by atoms with Gasteiger partial charge < -0.3 is 10.0 Å². The molecule has 1 saturated heterocycles. The van der Waals surface area contributed by atoms with Crippen molar-refractivity contribution in [3.8, 4) is 0 Å². The summed E-state index contributed by atoms with van der Waals surface area (Å²) in [4.78, 5) is 2.26. The summed E-state index contributed by atoms with van der Waals surface area (Å²) in [6, 6.07) is 0. The average molecular weight is 233 g/mol. The van der Waals surface area contributed by atoms with Crippen LogP contribution in [0.15, 0.2) is 0 Å². The second kappa shape index (κ2) is 4.57. The normalized spacial score (nSPS) is 25.7. The molecule has 1 heterocycles. The first-order valence-electron chi connectivity index (χ1n) is 6.32. The SMILES string of the molecule is OC(F)(F)CCCN1CCC2(CCC2)CC1. The van der Waals surface area contributed by atoms with Gasteiger partial charge in [0, 0.05) is 6.42 Å². The molecule has 1 aliphatic carbocycles. The highest BCUT2D eigenvalue weighted by Gasteiger charge is 2.39. The molecule has 16 heavy (non-hydrogen) atoms. The standard InChI is InChI=1S/C12H21F2NO/c13-12(14,16)5-2-8-15-9-6-11(7-10-15)3-1-4-11/h16H,1-10H2. The first-order chi connectivity index (χ1) is 7.49. The van der Waals surface area contributed by atoms with Crippen molar-refractivity contribution < 1.29 is 13.9 Å². The van der Waals surface area contributed by atoms with E-state index in [-0.39, 0.29) is 0 Å². The highest BCUT2D eigenvalue weighted by molar-refractivity contribution is 4.92. The van der Waals surface area contributed by atoms with Gasteiger partial charge in [-0.15, -0.1) is 0 Å². The molecule has 2 fully saturated rings. The van der Waals surface area contributed by atoms with E-state index >= 15 is 0 Å². The molecule has 0 aromatic heterocycles. The highest BCUT2D eigenvalue weighted by Crippen LogP contribution is 2.48. The highest BCUT2D eigenvalue weighted by atomic mass is 19.3. The van der Waals surface area contributed by atoms with Gasteiger partial charge in [-0.2, -0.15) is 8.78 Å². The van der Waals surface area contributed by atoms with Crippen LogP contribution in [-0.2, 0) is 0 Å². The fourth-order valence-corrected chi connectivity index (χ4v) is 2.94. The van der Waals surface area contributed by atoms with Gasteiger partial charge in [0.05, 0.1) is 0 Å². The average Bonchev–Trinajstić information content (AvgIpc) is 2.14.